The standard InChI is InChI=1S/C54H106O8/c1-5-7-9-11-13-14-15-16-17-20-23-26-30-34-38-42-50(4)62-52(47-59-49(3)41-37-33-29-12-10-8-6-2)48-61-54(58)44-40-36-32-28-25-22-19-18-21-24-27-31-35-39-43-53(57)60-46-51(56)45-55/h16-19,49-58H,5-15,20-48H2,1-4H3/b17-16-,19-18?. The van der Waals surface area contributed by atoms with Crippen LogP contribution in [0.4, 0.5) is 0 Å². The van der Waals surface area contributed by atoms with Crippen molar-refractivity contribution in [1.29, 1.82) is 0 Å². The summed E-state index contributed by atoms with van der Waals surface area (Å²) in [5, 5.41) is 38.5. The lowest BCUT2D eigenvalue weighted by atomic mass is 10.1. The Labute approximate surface area is 384 Å². The molecule has 0 aliphatic rings. The van der Waals surface area contributed by atoms with E-state index >= 15 is 0 Å². The lowest BCUT2D eigenvalue weighted by Gasteiger charge is -2.25. The second-order valence-electron chi connectivity index (χ2n) is 18.6. The number of aliphatic hydroxyl groups excluding tert-OH is 4. The van der Waals surface area contributed by atoms with E-state index in [4.69, 9.17) is 24.1 Å². The topological polar surface area (TPSA) is 118 Å². The summed E-state index contributed by atoms with van der Waals surface area (Å²) in [5.74, 6) is 0. The molecule has 6 atom stereocenters. The van der Waals surface area contributed by atoms with Gasteiger partial charge in [0.05, 0.1) is 38.6 Å². The predicted octanol–water partition coefficient (Wildman–Crippen LogP) is 14.4. The molecule has 0 heterocycles. The third-order valence-electron chi connectivity index (χ3n) is 12.1. The van der Waals surface area contributed by atoms with Gasteiger partial charge in [0.15, 0.2) is 12.6 Å². The second-order valence-corrected chi connectivity index (χ2v) is 18.6. The Hall–Kier alpha value is -0.840. The third kappa shape index (κ3) is 47.1. The van der Waals surface area contributed by atoms with Gasteiger partial charge in [-0.3, -0.25) is 0 Å². The molecule has 0 fully saturated rings. The minimum Gasteiger partial charge on any atom is -0.394 e. The third-order valence-corrected chi connectivity index (χ3v) is 12.1. The molecule has 8 heteroatoms. The molecule has 0 aromatic heterocycles. The fourth-order valence-corrected chi connectivity index (χ4v) is 7.89. The molecule has 6 unspecified atom stereocenters. The van der Waals surface area contributed by atoms with E-state index in [0.29, 0.717) is 26.1 Å². The number of allylic oxidation sites excluding steroid dienone is 4. The summed E-state index contributed by atoms with van der Waals surface area (Å²) in [7, 11) is 0. The van der Waals surface area contributed by atoms with E-state index in [2.05, 4.69) is 52.0 Å². The van der Waals surface area contributed by atoms with Crippen molar-refractivity contribution in [3.8, 4) is 0 Å². The van der Waals surface area contributed by atoms with Crippen molar-refractivity contribution in [2.24, 2.45) is 0 Å². The lowest BCUT2D eigenvalue weighted by molar-refractivity contribution is -0.158. The van der Waals surface area contributed by atoms with Crippen molar-refractivity contribution >= 4 is 0 Å². The minimum absolute atomic E-state index is 0.0331. The van der Waals surface area contributed by atoms with E-state index in [1.54, 1.807) is 0 Å². The summed E-state index contributed by atoms with van der Waals surface area (Å²) >= 11 is 0. The number of hydrogen-bond acceptors (Lipinski definition) is 8. The van der Waals surface area contributed by atoms with Gasteiger partial charge < -0.3 is 39.4 Å². The molecule has 62 heavy (non-hydrogen) atoms. The van der Waals surface area contributed by atoms with Crippen molar-refractivity contribution < 1.29 is 39.4 Å². The second kappa shape index (κ2) is 49.6. The monoisotopic (exact) mass is 883 g/mol. The highest BCUT2D eigenvalue weighted by molar-refractivity contribution is 4.82. The fraction of sp³-hybridized carbons (Fsp3) is 0.926. The van der Waals surface area contributed by atoms with Gasteiger partial charge in [0, 0.05) is 0 Å². The minimum atomic E-state index is -0.926. The van der Waals surface area contributed by atoms with E-state index in [0.717, 1.165) is 57.8 Å². The SMILES string of the molecule is CCCCCCCC/C=C\CCCCCCCC(C)OC(COC(C)CCCCCCCCC)COC(O)CCCCCCCC=CCCCCCCCC(O)OCC(O)CO. The van der Waals surface area contributed by atoms with Gasteiger partial charge in [-0.05, 0) is 104 Å². The van der Waals surface area contributed by atoms with Crippen LogP contribution in [0, 0.1) is 0 Å². The molecule has 0 radical (unpaired) electrons. The smallest absolute Gasteiger partial charge is 0.154 e. The molecule has 0 bridgehead atoms. The zero-order valence-electron chi connectivity index (χ0n) is 41.5. The number of aliphatic hydroxyl groups is 4. The van der Waals surface area contributed by atoms with Crippen LogP contribution in [0.2, 0.25) is 0 Å². The average Bonchev–Trinajstić information content (AvgIpc) is 3.27. The van der Waals surface area contributed by atoms with Crippen molar-refractivity contribution in [2.45, 2.75) is 296 Å². The summed E-state index contributed by atoms with van der Waals surface area (Å²) in [4.78, 5) is 0. The average molecular weight is 883 g/mol. The van der Waals surface area contributed by atoms with Crippen LogP contribution in [0.1, 0.15) is 259 Å². The van der Waals surface area contributed by atoms with Gasteiger partial charge >= 0.3 is 0 Å². The molecule has 0 aliphatic heterocycles. The van der Waals surface area contributed by atoms with Crippen molar-refractivity contribution in [3.05, 3.63) is 24.3 Å². The van der Waals surface area contributed by atoms with E-state index in [1.165, 1.54) is 161 Å². The highest BCUT2D eigenvalue weighted by Gasteiger charge is 2.18. The zero-order chi connectivity index (χ0) is 45.4. The van der Waals surface area contributed by atoms with Crippen LogP contribution in [-0.4, -0.2) is 83.8 Å². The van der Waals surface area contributed by atoms with Crippen LogP contribution in [0.3, 0.4) is 0 Å². The Morgan fingerprint density at radius 2 is 0.694 bits per heavy atom. The summed E-state index contributed by atoms with van der Waals surface area (Å²) < 4.78 is 23.9. The van der Waals surface area contributed by atoms with Crippen LogP contribution in [0.25, 0.3) is 0 Å². The Morgan fingerprint density at radius 3 is 1.10 bits per heavy atom. The predicted molar refractivity (Wildman–Crippen MR) is 263 cm³/mol. The van der Waals surface area contributed by atoms with E-state index in [9.17, 15) is 15.3 Å². The number of ether oxygens (including phenoxy) is 4. The Kier molecular flexibility index (Phi) is 48.9. The molecule has 370 valence electrons. The Morgan fingerprint density at radius 1 is 0.371 bits per heavy atom. The van der Waals surface area contributed by atoms with Crippen LogP contribution >= 0.6 is 0 Å². The van der Waals surface area contributed by atoms with Gasteiger partial charge in [-0.1, -0.05) is 179 Å². The van der Waals surface area contributed by atoms with Gasteiger partial charge in [0.1, 0.15) is 12.2 Å². The maximum atomic E-state index is 10.7. The summed E-state index contributed by atoms with van der Waals surface area (Å²) in [5.41, 5.74) is 0. The van der Waals surface area contributed by atoms with Gasteiger partial charge in [0.25, 0.3) is 0 Å². The molecular formula is C54H106O8. The Balaban J connectivity index is 4.22. The maximum absolute atomic E-state index is 10.7. The fourth-order valence-electron chi connectivity index (χ4n) is 7.89. The molecule has 0 aromatic carbocycles. The van der Waals surface area contributed by atoms with Gasteiger partial charge in [-0.25, -0.2) is 0 Å². The highest BCUT2D eigenvalue weighted by atomic mass is 16.6. The van der Waals surface area contributed by atoms with Crippen LogP contribution in [0.5, 0.6) is 0 Å². The molecule has 0 saturated heterocycles. The van der Waals surface area contributed by atoms with E-state index in [1.807, 2.05) is 0 Å². The first-order valence-electron chi connectivity index (χ1n) is 26.8. The number of unbranched alkanes of at least 4 members (excludes halogenated alkanes) is 27. The number of rotatable bonds is 51. The summed E-state index contributed by atoms with van der Waals surface area (Å²) in [6.45, 7) is 9.42. The molecule has 0 saturated carbocycles. The Bertz CT molecular complexity index is 915. The summed E-state index contributed by atoms with van der Waals surface area (Å²) in [6, 6.07) is 0. The largest absolute Gasteiger partial charge is 0.394 e. The zero-order valence-corrected chi connectivity index (χ0v) is 41.5. The lowest BCUT2D eigenvalue weighted by Crippen LogP contribution is -2.33. The molecule has 0 rings (SSSR count). The van der Waals surface area contributed by atoms with E-state index in [-0.39, 0.29) is 31.5 Å². The first-order chi connectivity index (χ1) is 30.3. The maximum Gasteiger partial charge on any atom is 0.154 e. The molecule has 0 amide bonds. The van der Waals surface area contributed by atoms with Gasteiger partial charge in [-0.2, -0.15) is 0 Å². The summed E-state index contributed by atoms with van der Waals surface area (Å²) in [6.07, 6.45) is 50.2. The number of hydrogen-bond donors (Lipinski definition) is 4. The molecule has 0 spiro atoms. The molecule has 4 N–H and O–H groups in total. The van der Waals surface area contributed by atoms with Crippen molar-refractivity contribution in [1.82, 2.24) is 0 Å². The van der Waals surface area contributed by atoms with Crippen molar-refractivity contribution in [2.75, 3.05) is 26.4 Å². The van der Waals surface area contributed by atoms with Gasteiger partial charge in [-0.15, -0.1) is 0 Å². The van der Waals surface area contributed by atoms with Crippen molar-refractivity contribution in [3.63, 3.8) is 0 Å². The molecular weight excluding hydrogens is 777 g/mol. The van der Waals surface area contributed by atoms with Crippen LogP contribution < -0.4 is 0 Å². The molecule has 0 aromatic rings. The first-order valence-corrected chi connectivity index (χ1v) is 26.8. The van der Waals surface area contributed by atoms with Crippen LogP contribution in [-0.2, 0) is 18.9 Å². The molecule has 8 nitrogen and oxygen atoms in total. The quantitative estimate of drug-likeness (QED) is 0.0271. The molecule has 0 aliphatic carbocycles. The van der Waals surface area contributed by atoms with Gasteiger partial charge in [0.2, 0.25) is 0 Å². The highest BCUT2D eigenvalue weighted by Crippen LogP contribution is 2.17. The van der Waals surface area contributed by atoms with E-state index < -0.39 is 18.7 Å². The van der Waals surface area contributed by atoms with Crippen LogP contribution in [0.15, 0.2) is 24.3 Å². The first kappa shape index (κ1) is 61.2. The normalized spacial score (nSPS) is 15.2.